The van der Waals surface area contributed by atoms with Crippen molar-refractivity contribution in [3.8, 4) is 0 Å². The lowest BCUT2D eigenvalue weighted by atomic mass is 10.1. The molecule has 0 fully saturated rings. The molecule has 0 amide bonds. The van der Waals surface area contributed by atoms with E-state index in [1.807, 2.05) is 0 Å². The first-order valence-electron chi connectivity index (χ1n) is 6.09. The average molecular weight is 346 g/mol. The van der Waals surface area contributed by atoms with Crippen molar-refractivity contribution < 1.29 is 4.92 Å². The van der Waals surface area contributed by atoms with Crippen LogP contribution in [0.4, 0.5) is 11.4 Å². The van der Waals surface area contributed by atoms with Crippen LogP contribution in [0.5, 0.6) is 0 Å². The maximum Gasteiger partial charge on any atom is 0.269 e. The topological polar surface area (TPSA) is 55.2 Å². The molecule has 0 saturated heterocycles. The molecule has 0 aliphatic rings. The van der Waals surface area contributed by atoms with Crippen molar-refractivity contribution in [3.63, 3.8) is 0 Å². The Labute approximate surface area is 136 Å². The van der Waals surface area contributed by atoms with Gasteiger partial charge in [0.25, 0.3) is 5.69 Å². The third kappa shape index (κ3) is 4.24. The van der Waals surface area contributed by atoms with Gasteiger partial charge in [0.05, 0.1) is 25.7 Å². The monoisotopic (exact) mass is 344 g/mol. The van der Waals surface area contributed by atoms with Crippen LogP contribution in [-0.2, 0) is 6.42 Å². The fraction of sp³-hybridized carbons (Fsp3) is 0.143. The zero-order valence-electron chi connectivity index (χ0n) is 10.8. The highest BCUT2D eigenvalue weighted by molar-refractivity contribution is 6.44. The molecule has 0 aliphatic heterocycles. The number of benzene rings is 2. The summed E-state index contributed by atoms with van der Waals surface area (Å²) >= 11 is 17.8. The molecule has 0 spiro atoms. The lowest BCUT2D eigenvalue weighted by molar-refractivity contribution is -0.384. The van der Waals surface area contributed by atoms with Crippen LogP contribution in [0.25, 0.3) is 0 Å². The molecule has 0 heterocycles. The molecule has 0 atom stereocenters. The summed E-state index contributed by atoms with van der Waals surface area (Å²) in [6.45, 7) is 0.621. The largest absolute Gasteiger partial charge is 0.383 e. The van der Waals surface area contributed by atoms with Gasteiger partial charge >= 0.3 is 0 Å². The Morgan fingerprint density at radius 2 is 1.62 bits per heavy atom. The third-order valence-corrected chi connectivity index (χ3v) is 3.92. The molecule has 2 aromatic rings. The maximum atomic E-state index is 10.6. The highest BCUT2D eigenvalue weighted by Gasteiger charge is 2.06. The van der Waals surface area contributed by atoms with E-state index in [1.165, 1.54) is 12.1 Å². The van der Waals surface area contributed by atoms with Crippen LogP contribution >= 0.6 is 34.8 Å². The van der Waals surface area contributed by atoms with Crippen molar-refractivity contribution in [2.75, 3.05) is 11.9 Å². The second kappa shape index (κ2) is 6.98. The summed E-state index contributed by atoms with van der Waals surface area (Å²) in [5.74, 6) is 0. The van der Waals surface area contributed by atoms with Crippen molar-refractivity contribution in [2.24, 2.45) is 0 Å². The van der Waals surface area contributed by atoms with Crippen LogP contribution < -0.4 is 5.32 Å². The van der Waals surface area contributed by atoms with Gasteiger partial charge in [0.15, 0.2) is 0 Å². The fourth-order valence-corrected chi connectivity index (χ4v) is 2.40. The maximum absolute atomic E-state index is 10.6. The van der Waals surface area contributed by atoms with E-state index in [0.29, 0.717) is 33.7 Å². The van der Waals surface area contributed by atoms with E-state index in [9.17, 15) is 10.1 Å². The van der Waals surface area contributed by atoms with E-state index in [0.717, 1.165) is 5.56 Å². The zero-order valence-corrected chi connectivity index (χ0v) is 13.0. The van der Waals surface area contributed by atoms with E-state index in [4.69, 9.17) is 34.8 Å². The summed E-state index contributed by atoms with van der Waals surface area (Å²) in [6.07, 6.45) is 0.703. The Morgan fingerprint density at radius 1 is 1.00 bits per heavy atom. The lowest BCUT2D eigenvalue weighted by Gasteiger charge is -2.09. The van der Waals surface area contributed by atoms with Gasteiger partial charge in [-0.2, -0.15) is 0 Å². The molecule has 21 heavy (non-hydrogen) atoms. The number of anilines is 1. The summed E-state index contributed by atoms with van der Waals surface area (Å²) in [6, 6.07) is 9.69. The molecule has 0 bridgehead atoms. The Bertz CT molecular complexity index is 660. The summed E-state index contributed by atoms with van der Waals surface area (Å²) in [7, 11) is 0. The number of nitrogens with one attached hydrogen (secondary N) is 1. The Hall–Kier alpha value is -1.49. The molecule has 1 N–H and O–H groups in total. The van der Waals surface area contributed by atoms with Gasteiger partial charge in [0.2, 0.25) is 0 Å². The molecule has 0 aliphatic carbocycles. The number of non-ortho nitro benzene ring substituents is 1. The molecule has 110 valence electrons. The van der Waals surface area contributed by atoms with Crippen molar-refractivity contribution in [3.05, 3.63) is 67.1 Å². The van der Waals surface area contributed by atoms with Gasteiger partial charge < -0.3 is 5.32 Å². The molecular weight excluding hydrogens is 335 g/mol. The molecular formula is C14H11Cl3N2O2. The van der Waals surface area contributed by atoms with Gasteiger partial charge in [-0.05, 0) is 24.1 Å². The first kappa shape index (κ1) is 15.9. The van der Waals surface area contributed by atoms with Crippen LogP contribution in [0.1, 0.15) is 5.56 Å². The average Bonchev–Trinajstić information content (AvgIpc) is 2.45. The third-order valence-electron chi connectivity index (χ3n) is 2.89. The SMILES string of the molecule is O=[N+]([O-])c1ccc(CCNc2cc(Cl)c(Cl)cc2Cl)cc1. The van der Waals surface area contributed by atoms with Gasteiger partial charge in [0.1, 0.15) is 0 Å². The predicted molar refractivity (Wildman–Crippen MR) is 86.8 cm³/mol. The van der Waals surface area contributed by atoms with Gasteiger partial charge in [-0.1, -0.05) is 46.9 Å². The number of nitro benzene ring substituents is 1. The number of rotatable bonds is 5. The zero-order chi connectivity index (χ0) is 15.4. The highest BCUT2D eigenvalue weighted by atomic mass is 35.5. The van der Waals surface area contributed by atoms with Crippen molar-refractivity contribution >= 4 is 46.2 Å². The molecule has 0 radical (unpaired) electrons. The second-order valence-electron chi connectivity index (χ2n) is 4.35. The molecule has 0 aromatic heterocycles. The minimum atomic E-state index is -0.419. The van der Waals surface area contributed by atoms with Crippen LogP contribution in [0, 0.1) is 10.1 Å². The van der Waals surface area contributed by atoms with E-state index < -0.39 is 4.92 Å². The number of hydrogen-bond donors (Lipinski definition) is 1. The Balaban J connectivity index is 1.95. The number of nitro groups is 1. The number of nitrogens with zero attached hydrogens (tertiary/aromatic N) is 1. The Morgan fingerprint density at radius 3 is 2.24 bits per heavy atom. The molecule has 4 nitrogen and oxygen atoms in total. The van der Waals surface area contributed by atoms with E-state index >= 15 is 0 Å². The smallest absolute Gasteiger partial charge is 0.269 e. The molecule has 7 heteroatoms. The molecule has 2 rings (SSSR count). The van der Waals surface area contributed by atoms with Crippen LogP contribution in [0.2, 0.25) is 15.1 Å². The van der Waals surface area contributed by atoms with Gasteiger partial charge in [-0.15, -0.1) is 0 Å². The summed E-state index contributed by atoms with van der Waals surface area (Å²) in [5.41, 5.74) is 1.77. The van der Waals surface area contributed by atoms with E-state index in [1.54, 1.807) is 24.3 Å². The Kier molecular flexibility index (Phi) is 5.28. The van der Waals surface area contributed by atoms with Gasteiger partial charge in [-0.25, -0.2) is 0 Å². The second-order valence-corrected chi connectivity index (χ2v) is 5.57. The lowest BCUT2D eigenvalue weighted by Crippen LogP contribution is -2.05. The fourth-order valence-electron chi connectivity index (χ4n) is 1.78. The number of hydrogen-bond acceptors (Lipinski definition) is 3. The summed E-state index contributed by atoms with van der Waals surface area (Å²) < 4.78 is 0. The predicted octanol–water partition coefficient (Wildman–Crippen LogP) is 5.21. The van der Waals surface area contributed by atoms with E-state index in [-0.39, 0.29) is 5.69 Å². The summed E-state index contributed by atoms with van der Waals surface area (Å²) in [5, 5.41) is 15.0. The van der Waals surface area contributed by atoms with Crippen LogP contribution in [0.15, 0.2) is 36.4 Å². The standard InChI is InChI=1S/C14H11Cl3N2O2/c15-11-7-13(17)14(8-12(11)16)18-6-5-9-1-3-10(4-2-9)19(20)21/h1-4,7-8,18H,5-6H2. The van der Waals surface area contributed by atoms with Crippen molar-refractivity contribution in [1.82, 2.24) is 0 Å². The van der Waals surface area contributed by atoms with Crippen molar-refractivity contribution in [2.45, 2.75) is 6.42 Å². The minimum Gasteiger partial charge on any atom is -0.383 e. The van der Waals surface area contributed by atoms with Crippen LogP contribution in [-0.4, -0.2) is 11.5 Å². The molecule has 0 unspecified atom stereocenters. The minimum absolute atomic E-state index is 0.0826. The molecule has 0 saturated carbocycles. The van der Waals surface area contributed by atoms with Gasteiger partial charge in [0, 0.05) is 18.7 Å². The molecule has 2 aromatic carbocycles. The van der Waals surface area contributed by atoms with E-state index in [2.05, 4.69) is 5.32 Å². The first-order valence-corrected chi connectivity index (χ1v) is 7.22. The van der Waals surface area contributed by atoms with Gasteiger partial charge in [-0.3, -0.25) is 10.1 Å². The van der Waals surface area contributed by atoms with Crippen LogP contribution in [0.3, 0.4) is 0 Å². The quantitative estimate of drug-likeness (QED) is 0.460. The highest BCUT2D eigenvalue weighted by Crippen LogP contribution is 2.32. The van der Waals surface area contributed by atoms with Crippen molar-refractivity contribution in [1.29, 1.82) is 0 Å². The summed E-state index contributed by atoms with van der Waals surface area (Å²) in [4.78, 5) is 10.1. The number of halogens is 3. The first-order chi connectivity index (χ1) is 9.97. The normalized spacial score (nSPS) is 10.4.